The van der Waals surface area contributed by atoms with Crippen LogP contribution in [-0.4, -0.2) is 18.9 Å². The van der Waals surface area contributed by atoms with Crippen LogP contribution < -0.4 is 0 Å². The first-order valence-electron chi connectivity index (χ1n) is 4.42. The van der Waals surface area contributed by atoms with Crippen molar-refractivity contribution in [1.82, 2.24) is 0 Å². The monoisotopic (exact) mass is 290 g/mol. The Morgan fingerprint density at radius 1 is 1.62 bits per heavy atom. The SMILES string of the molecule is CCOC(=O)C#Cc1cc[c-]cc1C=O.[Y]. The molecule has 0 amide bonds. The number of carbonyl (C=O) groups excluding carboxylic acids is 2. The van der Waals surface area contributed by atoms with E-state index in [1.807, 2.05) is 0 Å². The van der Waals surface area contributed by atoms with Gasteiger partial charge >= 0.3 is 5.97 Å². The van der Waals surface area contributed by atoms with Gasteiger partial charge in [-0.2, -0.15) is 24.3 Å². The van der Waals surface area contributed by atoms with E-state index in [1.165, 1.54) is 6.07 Å². The van der Waals surface area contributed by atoms with E-state index in [4.69, 9.17) is 0 Å². The van der Waals surface area contributed by atoms with Crippen LogP contribution in [0.5, 0.6) is 0 Å². The van der Waals surface area contributed by atoms with E-state index >= 15 is 0 Å². The molecule has 0 aliphatic rings. The van der Waals surface area contributed by atoms with E-state index < -0.39 is 5.97 Å². The Labute approximate surface area is 119 Å². The smallest absolute Gasteiger partial charge is 0.384 e. The molecule has 1 radical (unpaired) electrons. The standard InChI is InChI=1S/C12H9O3.Y/c1-2-15-12(14)8-7-10-5-3-4-6-11(10)9-13;/h3,5-6,9H,2H2,1H3;/q-1;. The van der Waals surface area contributed by atoms with Crippen molar-refractivity contribution < 1.29 is 47.0 Å². The van der Waals surface area contributed by atoms with E-state index in [0.29, 0.717) is 17.4 Å². The summed E-state index contributed by atoms with van der Waals surface area (Å²) >= 11 is 0. The van der Waals surface area contributed by atoms with E-state index in [1.54, 1.807) is 19.1 Å². The normalized spacial score (nSPS) is 8.06. The Balaban J connectivity index is 0.00000225. The predicted octanol–water partition coefficient (Wildman–Crippen LogP) is 1.21. The van der Waals surface area contributed by atoms with Gasteiger partial charge in [-0.15, -0.1) is 0 Å². The third kappa shape index (κ3) is 4.70. The number of hydrogen-bond donors (Lipinski definition) is 0. The third-order valence-electron chi connectivity index (χ3n) is 1.60. The van der Waals surface area contributed by atoms with Gasteiger partial charge in [0.05, 0.1) is 12.9 Å². The van der Waals surface area contributed by atoms with Crippen molar-refractivity contribution in [1.29, 1.82) is 0 Å². The molecule has 4 heteroatoms. The fourth-order valence-electron chi connectivity index (χ4n) is 0.940. The summed E-state index contributed by atoms with van der Waals surface area (Å²) in [5, 5.41) is 0. The molecule has 0 aliphatic heterocycles. The Morgan fingerprint density at radius 2 is 2.38 bits per heavy atom. The number of benzene rings is 1. The number of carbonyl (C=O) groups is 2. The molecule has 16 heavy (non-hydrogen) atoms. The minimum atomic E-state index is -0.595. The summed E-state index contributed by atoms with van der Waals surface area (Å²) in [6, 6.07) is 7.51. The molecule has 0 unspecified atom stereocenters. The van der Waals surface area contributed by atoms with Gasteiger partial charge in [-0.1, -0.05) is 17.0 Å². The van der Waals surface area contributed by atoms with Gasteiger partial charge in [0.2, 0.25) is 0 Å². The molecular weight excluding hydrogens is 281 g/mol. The van der Waals surface area contributed by atoms with Gasteiger partial charge in [-0.3, -0.25) is 0 Å². The summed E-state index contributed by atoms with van der Waals surface area (Å²) in [7, 11) is 0. The second kappa shape index (κ2) is 8.21. The Morgan fingerprint density at radius 3 is 3.00 bits per heavy atom. The Bertz CT molecular complexity index is 429. The second-order valence-electron chi connectivity index (χ2n) is 2.60. The van der Waals surface area contributed by atoms with Crippen LogP contribution in [0.1, 0.15) is 22.8 Å². The summed E-state index contributed by atoms with van der Waals surface area (Å²) in [5.41, 5.74) is 0.908. The van der Waals surface area contributed by atoms with E-state index in [-0.39, 0.29) is 39.3 Å². The minimum absolute atomic E-state index is 0. The minimum Gasteiger partial charge on any atom is -0.456 e. The zero-order chi connectivity index (χ0) is 11.1. The fourth-order valence-corrected chi connectivity index (χ4v) is 0.940. The summed E-state index contributed by atoms with van der Waals surface area (Å²) in [4.78, 5) is 21.5. The third-order valence-corrected chi connectivity index (χ3v) is 1.60. The molecule has 0 atom stereocenters. The molecule has 0 heterocycles. The molecule has 79 valence electrons. The Hall–Kier alpha value is -0.976. The van der Waals surface area contributed by atoms with Crippen LogP contribution in [0.4, 0.5) is 0 Å². The van der Waals surface area contributed by atoms with Crippen molar-refractivity contribution in [3.63, 3.8) is 0 Å². The number of esters is 1. The van der Waals surface area contributed by atoms with Gasteiger partial charge < -0.3 is 9.53 Å². The van der Waals surface area contributed by atoms with Crippen molar-refractivity contribution in [2.24, 2.45) is 0 Å². The molecule has 0 aliphatic carbocycles. The first kappa shape index (κ1) is 15.0. The maximum Gasteiger partial charge on any atom is 0.384 e. The molecule has 0 aromatic heterocycles. The molecule has 1 rings (SSSR count). The first-order chi connectivity index (χ1) is 7.27. The number of aldehydes is 1. The van der Waals surface area contributed by atoms with E-state index in [2.05, 4.69) is 22.6 Å². The zero-order valence-electron chi connectivity index (χ0n) is 8.82. The summed E-state index contributed by atoms with van der Waals surface area (Å²) in [5.74, 6) is 4.27. The molecule has 0 bridgehead atoms. The van der Waals surface area contributed by atoms with Crippen LogP contribution in [0.15, 0.2) is 18.2 Å². The molecule has 1 aromatic carbocycles. The van der Waals surface area contributed by atoms with Crippen molar-refractivity contribution >= 4 is 12.3 Å². The number of ether oxygens (including phenoxy) is 1. The van der Waals surface area contributed by atoms with Crippen molar-refractivity contribution in [2.75, 3.05) is 6.61 Å². The molecule has 0 spiro atoms. The van der Waals surface area contributed by atoms with Gasteiger partial charge in [-0.25, -0.2) is 4.79 Å². The van der Waals surface area contributed by atoms with Gasteiger partial charge in [-0.05, 0) is 6.92 Å². The summed E-state index contributed by atoms with van der Waals surface area (Å²) < 4.78 is 4.63. The van der Waals surface area contributed by atoms with Gasteiger partial charge in [0, 0.05) is 38.6 Å². The van der Waals surface area contributed by atoms with Crippen molar-refractivity contribution in [3.8, 4) is 11.8 Å². The van der Waals surface area contributed by atoms with Gasteiger partial charge in [0.1, 0.15) is 0 Å². The van der Waals surface area contributed by atoms with Crippen LogP contribution in [0.3, 0.4) is 0 Å². The van der Waals surface area contributed by atoms with E-state index in [0.717, 1.165) is 0 Å². The summed E-state index contributed by atoms with van der Waals surface area (Å²) in [6.45, 7) is 1.99. The maximum absolute atomic E-state index is 10.9. The quantitative estimate of drug-likeness (QED) is 0.356. The Kier molecular flexibility index (Phi) is 7.71. The maximum atomic E-state index is 10.9. The van der Waals surface area contributed by atoms with Crippen molar-refractivity contribution in [3.05, 3.63) is 35.4 Å². The van der Waals surface area contributed by atoms with Crippen LogP contribution >= 0.6 is 0 Å². The molecule has 3 nitrogen and oxygen atoms in total. The van der Waals surface area contributed by atoms with Crippen LogP contribution in [0.25, 0.3) is 0 Å². The largest absolute Gasteiger partial charge is 0.456 e. The topological polar surface area (TPSA) is 43.4 Å². The average molecular weight is 290 g/mol. The molecular formula is C12H9O3Y-. The van der Waals surface area contributed by atoms with E-state index in [9.17, 15) is 9.59 Å². The summed E-state index contributed by atoms with van der Waals surface area (Å²) in [6.07, 6.45) is 0.672. The van der Waals surface area contributed by atoms with Crippen LogP contribution in [0, 0.1) is 17.9 Å². The number of hydrogen-bond acceptors (Lipinski definition) is 3. The average Bonchev–Trinajstić information content (AvgIpc) is 2.27. The molecule has 0 saturated carbocycles. The van der Waals surface area contributed by atoms with Crippen LogP contribution in [-0.2, 0) is 42.2 Å². The van der Waals surface area contributed by atoms with Crippen molar-refractivity contribution in [2.45, 2.75) is 6.92 Å². The molecule has 0 saturated heterocycles. The second-order valence-corrected chi connectivity index (χ2v) is 2.60. The molecule has 0 N–H and O–H groups in total. The molecule has 1 aromatic rings. The first-order valence-corrected chi connectivity index (χ1v) is 4.42. The fraction of sp³-hybridized carbons (Fsp3) is 0.167. The number of rotatable bonds is 2. The molecule has 0 fully saturated rings. The van der Waals surface area contributed by atoms with Crippen LogP contribution in [0.2, 0.25) is 0 Å². The predicted molar refractivity (Wildman–Crippen MR) is 54.2 cm³/mol. The zero-order valence-corrected chi connectivity index (χ0v) is 11.7. The van der Waals surface area contributed by atoms with Gasteiger partial charge in [0.15, 0.2) is 0 Å². The van der Waals surface area contributed by atoms with Gasteiger partial charge in [0.25, 0.3) is 0 Å².